The fourth-order valence-electron chi connectivity index (χ4n) is 2.64. The van der Waals surface area contributed by atoms with E-state index in [9.17, 15) is 15.0 Å². The molecule has 0 radical (unpaired) electrons. The first-order valence-corrected chi connectivity index (χ1v) is 9.24. The fraction of sp³-hybridized carbons (Fsp3) is 0.333. The van der Waals surface area contributed by atoms with Gasteiger partial charge < -0.3 is 19.7 Å². The van der Waals surface area contributed by atoms with Gasteiger partial charge in [-0.15, -0.1) is 0 Å². The van der Waals surface area contributed by atoms with Crippen molar-refractivity contribution in [1.82, 2.24) is 0 Å². The van der Waals surface area contributed by atoms with Crippen molar-refractivity contribution >= 4 is 17.4 Å². The third kappa shape index (κ3) is 5.38. The second-order valence-corrected chi connectivity index (χ2v) is 6.68. The third-order valence-corrected chi connectivity index (χ3v) is 4.34. The first-order valence-electron chi connectivity index (χ1n) is 8.86. The maximum absolute atomic E-state index is 11.6. The Kier molecular flexibility index (Phi) is 7.68. The summed E-state index contributed by atoms with van der Waals surface area (Å²) in [7, 11) is 0. The molecule has 0 aliphatic rings. The van der Waals surface area contributed by atoms with E-state index < -0.39 is 6.10 Å². The molecule has 0 saturated heterocycles. The monoisotopic (exact) mass is 403 g/mol. The van der Waals surface area contributed by atoms with E-state index in [0.717, 1.165) is 6.42 Å². The second kappa shape index (κ2) is 9.98. The van der Waals surface area contributed by atoms with Gasteiger partial charge in [0.2, 0.25) is 0 Å². The Morgan fingerprint density at radius 3 is 2.43 bits per heavy atom. The van der Waals surface area contributed by atoms with Crippen molar-refractivity contribution in [2.75, 3.05) is 13.2 Å². The van der Waals surface area contributed by atoms with Gasteiger partial charge in [0, 0.05) is 5.56 Å². The Labute approximate surface area is 168 Å². The summed E-state index contributed by atoms with van der Waals surface area (Å²) in [6, 6.07) is 9.72. The van der Waals surface area contributed by atoms with Gasteiger partial charge in [-0.25, -0.2) is 0 Å². The van der Waals surface area contributed by atoms with E-state index in [4.69, 9.17) is 26.3 Å². The highest BCUT2D eigenvalue weighted by Crippen LogP contribution is 2.33. The van der Waals surface area contributed by atoms with Gasteiger partial charge in [0.1, 0.15) is 36.6 Å². The van der Waals surface area contributed by atoms with Crippen molar-refractivity contribution in [1.29, 1.82) is 5.26 Å². The van der Waals surface area contributed by atoms with Crippen molar-refractivity contribution < 1.29 is 24.5 Å². The van der Waals surface area contributed by atoms with Crippen molar-refractivity contribution in [3.05, 3.63) is 52.0 Å². The molecule has 0 aliphatic heterocycles. The normalized spacial score (nSPS) is 11.5. The number of ketones is 1. The highest BCUT2D eigenvalue weighted by atomic mass is 35.5. The lowest BCUT2D eigenvalue weighted by molar-refractivity contribution is 0.0622. The molecule has 0 heterocycles. The molecule has 1 unspecified atom stereocenters. The number of aromatic hydroxyl groups is 1. The zero-order valence-electron chi connectivity index (χ0n) is 15.7. The molecule has 6 nitrogen and oxygen atoms in total. The molecule has 148 valence electrons. The molecule has 0 bridgehead atoms. The number of ether oxygens (including phenoxy) is 2. The topological polar surface area (TPSA) is 99.8 Å². The standard InChI is InChI=1S/C21H22ClNO5/c1-3-4-17-19(8-6-16(13(2)24)21(17)26)27-11-15(25)12-28-20-7-5-14(10-23)9-18(20)22/h5-9,15,25-26H,3-4,11-12H2,1-2H3. The number of nitriles is 1. The molecule has 0 aliphatic carbocycles. The lowest BCUT2D eigenvalue weighted by Crippen LogP contribution is -2.25. The molecule has 28 heavy (non-hydrogen) atoms. The number of nitrogens with zero attached hydrogens (tertiary/aromatic N) is 1. The summed E-state index contributed by atoms with van der Waals surface area (Å²) < 4.78 is 11.1. The molecule has 2 aromatic carbocycles. The van der Waals surface area contributed by atoms with Gasteiger partial charge in [0.25, 0.3) is 0 Å². The third-order valence-electron chi connectivity index (χ3n) is 4.04. The molecule has 0 saturated carbocycles. The zero-order chi connectivity index (χ0) is 20.7. The van der Waals surface area contributed by atoms with E-state index in [1.54, 1.807) is 18.2 Å². The van der Waals surface area contributed by atoms with Crippen LogP contribution in [0.2, 0.25) is 5.02 Å². The number of aliphatic hydroxyl groups is 1. The highest BCUT2D eigenvalue weighted by Gasteiger charge is 2.17. The zero-order valence-corrected chi connectivity index (χ0v) is 16.5. The van der Waals surface area contributed by atoms with Crippen LogP contribution in [0.25, 0.3) is 0 Å². The molecule has 2 N–H and O–H groups in total. The van der Waals surface area contributed by atoms with Gasteiger partial charge in [-0.2, -0.15) is 5.26 Å². The maximum atomic E-state index is 11.6. The van der Waals surface area contributed by atoms with Gasteiger partial charge in [0.05, 0.1) is 22.2 Å². The van der Waals surface area contributed by atoms with E-state index in [0.29, 0.717) is 29.0 Å². The SMILES string of the molecule is CCCc1c(OCC(O)COc2ccc(C#N)cc2Cl)ccc(C(C)=O)c1O. The molecule has 0 aromatic heterocycles. The van der Waals surface area contributed by atoms with Gasteiger partial charge in [0.15, 0.2) is 5.78 Å². The van der Waals surface area contributed by atoms with Crippen LogP contribution in [0.5, 0.6) is 17.2 Å². The minimum absolute atomic E-state index is 0.0633. The average Bonchev–Trinajstić information content (AvgIpc) is 2.67. The van der Waals surface area contributed by atoms with Crippen LogP contribution in [-0.2, 0) is 6.42 Å². The summed E-state index contributed by atoms with van der Waals surface area (Å²) in [5.41, 5.74) is 1.20. The second-order valence-electron chi connectivity index (χ2n) is 6.28. The summed E-state index contributed by atoms with van der Waals surface area (Å²) >= 11 is 6.03. The number of hydrogen-bond donors (Lipinski definition) is 2. The van der Waals surface area contributed by atoms with E-state index in [1.165, 1.54) is 19.1 Å². The van der Waals surface area contributed by atoms with Crippen LogP contribution < -0.4 is 9.47 Å². The van der Waals surface area contributed by atoms with Crippen LogP contribution in [0.3, 0.4) is 0 Å². The number of carbonyl (C=O) groups is 1. The minimum atomic E-state index is -0.948. The quantitative estimate of drug-likeness (QED) is 0.616. The number of benzene rings is 2. The van der Waals surface area contributed by atoms with Crippen molar-refractivity contribution in [3.63, 3.8) is 0 Å². The van der Waals surface area contributed by atoms with E-state index in [1.807, 2.05) is 13.0 Å². The molecule has 2 rings (SSSR count). The minimum Gasteiger partial charge on any atom is -0.507 e. The largest absolute Gasteiger partial charge is 0.507 e. The summed E-state index contributed by atoms with van der Waals surface area (Å²) in [6.07, 6.45) is 0.347. The number of rotatable bonds is 9. The molecular formula is C21H22ClNO5. The highest BCUT2D eigenvalue weighted by molar-refractivity contribution is 6.32. The van der Waals surface area contributed by atoms with Crippen LogP contribution in [0.1, 0.15) is 41.8 Å². The Morgan fingerprint density at radius 1 is 1.21 bits per heavy atom. The van der Waals surface area contributed by atoms with Gasteiger partial charge in [-0.1, -0.05) is 24.9 Å². The predicted octanol–water partition coefficient (Wildman–Crippen LogP) is 3.89. The van der Waals surface area contributed by atoms with Gasteiger partial charge in [-0.05, 0) is 43.7 Å². The number of aliphatic hydroxyl groups excluding tert-OH is 1. The molecular weight excluding hydrogens is 382 g/mol. The first kappa shape index (κ1) is 21.5. The summed E-state index contributed by atoms with van der Waals surface area (Å²) in [4.78, 5) is 11.6. The molecule has 0 amide bonds. The summed E-state index contributed by atoms with van der Waals surface area (Å²) in [5.74, 6) is 0.464. The van der Waals surface area contributed by atoms with Gasteiger partial charge in [-0.3, -0.25) is 4.79 Å². The van der Waals surface area contributed by atoms with Crippen LogP contribution in [-0.4, -0.2) is 35.3 Å². The molecule has 7 heteroatoms. The molecule has 2 aromatic rings. The molecule has 0 fully saturated rings. The summed E-state index contributed by atoms with van der Waals surface area (Å²) in [6.45, 7) is 3.21. The lowest BCUT2D eigenvalue weighted by Gasteiger charge is -2.17. The average molecular weight is 404 g/mol. The Morgan fingerprint density at radius 2 is 1.86 bits per heavy atom. The van der Waals surface area contributed by atoms with E-state index in [-0.39, 0.29) is 35.3 Å². The van der Waals surface area contributed by atoms with Gasteiger partial charge >= 0.3 is 0 Å². The number of hydrogen-bond acceptors (Lipinski definition) is 6. The molecule has 1 atom stereocenters. The first-order chi connectivity index (χ1) is 13.4. The van der Waals surface area contributed by atoms with Crippen molar-refractivity contribution in [2.24, 2.45) is 0 Å². The van der Waals surface area contributed by atoms with Crippen molar-refractivity contribution in [3.8, 4) is 23.3 Å². The Hall–Kier alpha value is -2.75. The Bertz CT molecular complexity index is 891. The number of carbonyl (C=O) groups excluding carboxylic acids is 1. The maximum Gasteiger partial charge on any atom is 0.163 e. The number of phenolic OH excluding ortho intramolecular Hbond substituents is 1. The number of Topliss-reactive ketones (excluding diaryl/α,β-unsaturated/α-hetero) is 1. The fourth-order valence-corrected chi connectivity index (χ4v) is 2.87. The summed E-state index contributed by atoms with van der Waals surface area (Å²) in [5, 5.41) is 29.6. The van der Waals surface area contributed by atoms with E-state index >= 15 is 0 Å². The van der Waals surface area contributed by atoms with Crippen LogP contribution in [0.4, 0.5) is 0 Å². The number of phenols is 1. The van der Waals surface area contributed by atoms with Crippen LogP contribution in [0, 0.1) is 11.3 Å². The van der Waals surface area contributed by atoms with Crippen LogP contribution >= 0.6 is 11.6 Å². The van der Waals surface area contributed by atoms with Crippen molar-refractivity contribution in [2.45, 2.75) is 32.8 Å². The predicted molar refractivity (Wildman–Crippen MR) is 105 cm³/mol. The Balaban J connectivity index is 2.00. The lowest BCUT2D eigenvalue weighted by atomic mass is 10.0. The van der Waals surface area contributed by atoms with Crippen LogP contribution in [0.15, 0.2) is 30.3 Å². The molecule has 0 spiro atoms. The van der Waals surface area contributed by atoms with E-state index in [2.05, 4.69) is 0 Å². The smallest absolute Gasteiger partial charge is 0.163 e. The number of halogens is 1.